The van der Waals surface area contributed by atoms with E-state index in [-0.39, 0.29) is 17.7 Å². The number of benzene rings is 1. The molecule has 0 atom stereocenters. The molecule has 0 bridgehead atoms. The van der Waals surface area contributed by atoms with Gasteiger partial charge in [0.15, 0.2) is 11.6 Å². The van der Waals surface area contributed by atoms with E-state index < -0.39 is 38.7 Å². The van der Waals surface area contributed by atoms with Crippen LogP contribution in [-0.2, 0) is 21.2 Å². The number of unbranched alkanes of at least 4 members (excludes halogenated alkanes) is 1. The number of rotatable bonds is 12. The van der Waals surface area contributed by atoms with Gasteiger partial charge in [0.2, 0.25) is 10.0 Å². The molecule has 1 aromatic carbocycles. The van der Waals surface area contributed by atoms with Gasteiger partial charge in [-0.15, -0.1) is 0 Å². The summed E-state index contributed by atoms with van der Waals surface area (Å²) in [5.74, 6) is -2.79. The fraction of sp³-hybridized carbons (Fsp3) is 0.308. The number of nitrogens with one attached hydrogen (secondary N) is 2. The van der Waals surface area contributed by atoms with Gasteiger partial charge in [0.05, 0.1) is 11.3 Å². The summed E-state index contributed by atoms with van der Waals surface area (Å²) in [5, 5.41) is 0.410. The summed E-state index contributed by atoms with van der Waals surface area (Å²) in [4.78, 5) is 29.3. The fourth-order valence-electron chi connectivity index (χ4n) is 3.95. The number of H-pyrrole nitrogens is 1. The van der Waals surface area contributed by atoms with E-state index in [1.54, 1.807) is 38.7 Å². The largest absolute Gasteiger partial charge is 0.385 e. The highest BCUT2D eigenvalue weighted by atomic mass is 32.2. The Hall–Kier alpha value is -3.77. The van der Waals surface area contributed by atoms with Gasteiger partial charge in [-0.25, -0.2) is 32.2 Å². The summed E-state index contributed by atoms with van der Waals surface area (Å²) >= 11 is 0. The van der Waals surface area contributed by atoms with E-state index in [9.17, 15) is 17.6 Å². The number of fused-ring (bicyclic) bond motifs is 1. The van der Waals surface area contributed by atoms with E-state index >= 15 is 4.39 Å². The number of carbonyl (C=O) groups is 1. The van der Waals surface area contributed by atoms with Crippen LogP contribution in [0.5, 0.6) is 0 Å². The quantitative estimate of drug-likeness (QED) is 0.197. The van der Waals surface area contributed by atoms with Crippen LogP contribution < -0.4 is 4.72 Å². The van der Waals surface area contributed by atoms with Gasteiger partial charge >= 0.3 is 0 Å². The predicted octanol–water partition coefficient (Wildman–Crippen LogP) is 4.65. The standard InChI is InChI=1S/C26H27F2N5O4S/c1-3-10-38(35,36)33-24-21(27)8-7-18(23(24)28)25(34)20-15-32-26-19(20)11-16(12-31-26)17-13-29-22(30-14-17)6-4-5-9-37-2/h7-8,11-15,33H,3-6,9-10H2,1-2H3,(H,31,32). The maximum Gasteiger partial charge on any atom is 0.232 e. The van der Waals surface area contributed by atoms with Crippen molar-refractivity contribution in [3.05, 3.63) is 71.6 Å². The lowest BCUT2D eigenvalue weighted by molar-refractivity contribution is 0.103. The third-order valence-corrected chi connectivity index (χ3v) is 7.34. The van der Waals surface area contributed by atoms with Crippen LogP contribution in [0, 0.1) is 11.6 Å². The topological polar surface area (TPSA) is 127 Å². The number of carbonyl (C=O) groups excluding carboxylic acids is 1. The van der Waals surface area contributed by atoms with E-state index in [0.717, 1.165) is 31.4 Å². The average Bonchev–Trinajstić information content (AvgIpc) is 3.32. The molecule has 3 heterocycles. The summed E-state index contributed by atoms with van der Waals surface area (Å²) in [6, 6.07) is 3.54. The van der Waals surface area contributed by atoms with E-state index in [1.807, 2.05) is 4.72 Å². The summed E-state index contributed by atoms with van der Waals surface area (Å²) in [5.41, 5.74) is 0.442. The van der Waals surface area contributed by atoms with Crippen LogP contribution in [0.3, 0.4) is 0 Å². The van der Waals surface area contributed by atoms with Crippen molar-refractivity contribution in [1.29, 1.82) is 0 Å². The first-order chi connectivity index (χ1) is 18.2. The van der Waals surface area contributed by atoms with E-state index in [0.29, 0.717) is 34.6 Å². The van der Waals surface area contributed by atoms with Crippen molar-refractivity contribution in [2.24, 2.45) is 0 Å². The van der Waals surface area contributed by atoms with Crippen LogP contribution in [0.25, 0.3) is 22.2 Å². The van der Waals surface area contributed by atoms with Gasteiger partial charge in [0.1, 0.15) is 23.0 Å². The average molecular weight is 544 g/mol. The van der Waals surface area contributed by atoms with Crippen LogP contribution in [0.15, 0.2) is 43.0 Å². The molecule has 0 saturated heterocycles. The molecule has 0 aliphatic heterocycles. The Morgan fingerprint density at radius 3 is 2.50 bits per heavy atom. The summed E-state index contributed by atoms with van der Waals surface area (Å²) in [7, 11) is -2.32. The van der Waals surface area contributed by atoms with Crippen LogP contribution in [-0.4, -0.2) is 53.6 Å². The van der Waals surface area contributed by atoms with Gasteiger partial charge in [-0.3, -0.25) is 9.52 Å². The van der Waals surface area contributed by atoms with Crippen LogP contribution in [0.4, 0.5) is 14.5 Å². The fourth-order valence-corrected chi connectivity index (χ4v) is 5.09. The number of ketones is 1. The zero-order valence-electron chi connectivity index (χ0n) is 20.9. The highest BCUT2D eigenvalue weighted by Gasteiger charge is 2.25. The van der Waals surface area contributed by atoms with Gasteiger partial charge in [-0.05, 0) is 37.5 Å². The van der Waals surface area contributed by atoms with Crippen molar-refractivity contribution < 1.29 is 26.7 Å². The predicted molar refractivity (Wildman–Crippen MR) is 139 cm³/mol. The molecule has 0 fully saturated rings. The molecule has 0 saturated carbocycles. The molecule has 0 radical (unpaired) electrons. The Kier molecular flexibility index (Phi) is 8.42. The summed E-state index contributed by atoms with van der Waals surface area (Å²) < 4.78 is 60.7. The minimum atomic E-state index is -3.98. The lowest BCUT2D eigenvalue weighted by atomic mass is 10.0. The lowest BCUT2D eigenvalue weighted by Crippen LogP contribution is -2.19. The van der Waals surface area contributed by atoms with Crippen molar-refractivity contribution >= 4 is 32.5 Å². The van der Waals surface area contributed by atoms with Crippen LogP contribution in [0.2, 0.25) is 0 Å². The highest BCUT2D eigenvalue weighted by Crippen LogP contribution is 2.29. The SMILES string of the molecule is CCCS(=O)(=O)Nc1c(F)ccc(C(=O)c2c[nH]c3ncc(-c4cnc(CCCCOC)nc4)cc23)c1F. The Balaban J connectivity index is 1.63. The number of nitrogens with zero attached hydrogens (tertiary/aromatic N) is 3. The second kappa shape index (κ2) is 11.7. The molecule has 2 N–H and O–H groups in total. The van der Waals surface area contributed by atoms with Gasteiger partial charge in [0, 0.05) is 67.0 Å². The third kappa shape index (κ3) is 6.03. The Morgan fingerprint density at radius 1 is 1.05 bits per heavy atom. The maximum absolute atomic E-state index is 15.2. The zero-order chi connectivity index (χ0) is 27.3. The third-order valence-electron chi connectivity index (χ3n) is 5.88. The van der Waals surface area contributed by atoms with E-state index in [2.05, 4.69) is 19.9 Å². The molecule has 0 aliphatic carbocycles. The summed E-state index contributed by atoms with van der Waals surface area (Å²) in [6.07, 6.45) is 9.11. The molecule has 0 aliphatic rings. The number of halogens is 2. The molecule has 0 unspecified atom stereocenters. The second-order valence-corrected chi connectivity index (χ2v) is 10.5. The number of ether oxygens (including phenoxy) is 1. The number of methoxy groups -OCH3 is 1. The highest BCUT2D eigenvalue weighted by molar-refractivity contribution is 7.92. The molecule has 0 amide bonds. The number of hydrogen-bond donors (Lipinski definition) is 2. The van der Waals surface area contributed by atoms with Crippen LogP contribution >= 0.6 is 0 Å². The number of hydrogen-bond acceptors (Lipinski definition) is 7. The second-order valence-electron chi connectivity index (χ2n) is 8.69. The van der Waals surface area contributed by atoms with Crippen molar-refractivity contribution in [2.45, 2.75) is 32.6 Å². The number of pyridine rings is 1. The molecule has 3 aromatic heterocycles. The first-order valence-corrected chi connectivity index (χ1v) is 13.7. The molecular weight excluding hydrogens is 516 g/mol. The first-order valence-electron chi connectivity index (χ1n) is 12.0. The number of sulfonamides is 1. The Morgan fingerprint density at radius 2 is 1.79 bits per heavy atom. The van der Waals surface area contributed by atoms with Crippen LogP contribution in [0.1, 0.15) is 47.9 Å². The maximum atomic E-state index is 15.2. The smallest absolute Gasteiger partial charge is 0.232 e. The molecule has 0 spiro atoms. The van der Waals surface area contributed by atoms with E-state index in [4.69, 9.17) is 4.74 Å². The Labute approximate surface area is 218 Å². The summed E-state index contributed by atoms with van der Waals surface area (Å²) in [6.45, 7) is 2.30. The first kappa shape index (κ1) is 27.3. The molecule has 12 heteroatoms. The molecular formula is C26H27F2N5O4S. The molecule has 4 aromatic rings. The molecule has 9 nitrogen and oxygen atoms in total. The molecule has 200 valence electrons. The minimum Gasteiger partial charge on any atom is -0.385 e. The zero-order valence-corrected chi connectivity index (χ0v) is 21.7. The van der Waals surface area contributed by atoms with Gasteiger partial charge < -0.3 is 9.72 Å². The Bertz CT molecular complexity index is 1560. The monoisotopic (exact) mass is 543 g/mol. The van der Waals surface area contributed by atoms with Crippen molar-refractivity contribution in [3.8, 4) is 11.1 Å². The van der Waals surface area contributed by atoms with Crippen molar-refractivity contribution in [3.63, 3.8) is 0 Å². The minimum absolute atomic E-state index is 0.0953. The molecule has 4 rings (SSSR count). The number of anilines is 1. The van der Waals surface area contributed by atoms with Crippen molar-refractivity contribution in [1.82, 2.24) is 19.9 Å². The van der Waals surface area contributed by atoms with Gasteiger partial charge in [-0.2, -0.15) is 0 Å². The normalized spacial score (nSPS) is 11.7. The van der Waals surface area contributed by atoms with Gasteiger partial charge in [-0.1, -0.05) is 6.92 Å². The number of aryl methyl sites for hydroxylation is 1. The molecule has 38 heavy (non-hydrogen) atoms. The number of aromatic nitrogens is 4. The van der Waals surface area contributed by atoms with E-state index in [1.165, 1.54) is 6.20 Å². The van der Waals surface area contributed by atoms with Crippen molar-refractivity contribution in [2.75, 3.05) is 24.2 Å². The van der Waals surface area contributed by atoms with Gasteiger partial charge in [0.25, 0.3) is 0 Å². The lowest BCUT2D eigenvalue weighted by Gasteiger charge is -2.11. The number of aromatic amines is 1.